The lowest BCUT2D eigenvalue weighted by atomic mass is 10.1. The molecule has 0 aliphatic rings. The van der Waals surface area contributed by atoms with E-state index in [9.17, 15) is 10.1 Å². The lowest BCUT2D eigenvalue weighted by molar-refractivity contribution is -0.384. The van der Waals surface area contributed by atoms with E-state index in [1.807, 2.05) is 24.9 Å². The smallest absolute Gasteiger partial charge is 0.271 e. The van der Waals surface area contributed by atoms with Crippen LogP contribution in [0.4, 0.5) is 11.4 Å². The average molecular weight is 296 g/mol. The van der Waals surface area contributed by atoms with Gasteiger partial charge in [0.15, 0.2) is 0 Å². The molecule has 1 aromatic carbocycles. The molecule has 106 valence electrons. The molecule has 0 bridgehead atoms. The Morgan fingerprint density at radius 1 is 1.40 bits per heavy atom. The van der Waals surface area contributed by atoms with Gasteiger partial charge in [0.05, 0.1) is 22.2 Å². The molecule has 1 aromatic heterocycles. The molecule has 0 radical (unpaired) electrons. The number of benzene rings is 1. The Kier molecular flexibility index (Phi) is 3.94. The third-order valence-corrected chi connectivity index (χ3v) is 3.20. The molecular formula is C13H14ClN3O3. The number of non-ortho nitro benzene ring substituents is 1. The third-order valence-electron chi connectivity index (χ3n) is 2.91. The minimum absolute atomic E-state index is 0.0121. The molecule has 2 aromatic rings. The number of hydrogen-bond donors (Lipinski definition) is 0. The van der Waals surface area contributed by atoms with Gasteiger partial charge < -0.3 is 9.42 Å². The summed E-state index contributed by atoms with van der Waals surface area (Å²) in [4.78, 5) is 12.2. The second kappa shape index (κ2) is 5.50. The maximum absolute atomic E-state index is 10.8. The van der Waals surface area contributed by atoms with Crippen molar-refractivity contribution in [2.75, 3.05) is 11.9 Å². The standard InChI is InChI=1S/C13H14ClN3O3/c1-8-4-11(17(18)19)6-12(14)13(8)16(3)7-10-5-9(2)20-15-10/h4-6H,7H2,1-3H3. The van der Waals surface area contributed by atoms with Crippen LogP contribution in [0.5, 0.6) is 0 Å². The van der Waals surface area contributed by atoms with E-state index in [2.05, 4.69) is 5.16 Å². The van der Waals surface area contributed by atoms with Gasteiger partial charge in [-0.15, -0.1) is 0 Å². The van der Waals surface area contributed by atoms with Gasteiger partial charge in [0.1, 0.15) is 11.5 Å². The topological polar surface area (TPSA) is 72.4 Å². The number of hydrogen-bond acceptors (Lipinski definition) is 5. The van der Waals surface area contributed by atoms with Gasteiger partial charge in [-0.1, -0.05) is 16.8 Å². The SMILES string of the molecule is Cc1cc(CN(C)c2c(C)cc([N+](=O)[O-])cc2Cl)no1. The number of anilines is 1. The van der Waals surface area contributed by atoms with Gasteiger partial charge in [0.25, 0.3) is 5.69 Å². The van der Waals surface area contributed by atoms with Crippen LogP contribution in [0.1, 0.15) is 17.0 Å². The zero-order valence-electron chi connectivity index (χ0n) is 11.4. The Balaban J connectivity index is 2.30. The summed E-state index contributed by atoms with van der Waals surface area (Å²) in [6.07, 6.45) is 0. The highest BCUT2D eigenvalue weighted by molar-refractivity contribution is 6.33. The minimum atomic E-state index is -0.455. The van der Waals surface area contributed by atoms with E-state index < -0.39 is 4.92 Å². The molecule has 0 atom stereocenters. The summed E-state index contributed by atoms with van der Waals surface area (Å²) < 4.78 is 5.01. The molecule has 0 unspecified atom stereocenters. The molecule has 20 heavy (non-hydrogen) atoms. The molecule has 6 nitrogen and oxygen atoms in total. The van der Waals surface area contributed by atoms with Crippen LogP contribution in [-0.2, 0) is 6.54 Å². The highest BCUT2D eigenvalue weighted by Gasteiger charge is 2.17. The molecule has 0 aliphatic heterocycles. The summed E-state index contributed by atoms with van der Waals surface area (Å²) >= 11 is 6.16. The first kappa shape index (κ1) is 14.3. The van der Waals surface area contributed by atoms with Gasteiger partial charge in [-0.25, -0.2) is 0 Å². The number of nitro groups is 1. The maximum atomic E-state index is 10.8. The summed E-state index contributed by atoms with van der Waals surface area (Å²) in [7, 11) is 1.85. The van der Waals surface area contributed by atoms with Crippen LogP contribution < -0.4 is 4.90 Å². The van der Waals surface area contributed by atoms with Crippen molar-refractivity contribution in [2.24, 2.45) is 0 Å². The van der Waals surface area contributed by atoms with Gasteiger partial charge >= 0.3 is 0 Å². The fraction of sp³-hybridized carbons (Fsp3) is 0.308. The number of aryl methyl sites for hydroxylation is 2. The Labute approximate surface area is 121 Å². The number of nitrogens with zero attached hydrogens (tertiary/aromatic N) is 3. The third kappa shape index (κ3) is 2.91. The van der Waals surface area contributed by atoms with Crippen molar-refractivity contribution in [3.05, 3.63) is 50.4 Å². The second-order valence-corrected chi connectivity index (χ2v) is 5.04. The Morgan fingerprint density at radius 2 is 2.10 bits per heavy atom. The zero-order valence-corrected chi connectivity index (χ0v) is 12.1. The molecule has 2 rings (SSSR count). The lowest BCUT2D eigenvalue weighted by Crippen LogP contribution is -2.18. The zero-order chi connectivity index (χ0) is 14.9. The lowest BCUT2D eigenvalue weighted by Gasteiger charge is -2.21. The largest absolute Gasteiger partial charge is 0.367 e. The molecule has 1 heterocycles. The van der Waals surface area contributed by atoms with Crippen molar-refractivity contribution in [1.29, 1.82) is 0 Å². The molecule has 0 fully saturated rings. The molecular weight excluding hydrogens is 282 g/mol. The van der Waals surface area contributed by atoms with Crippen molar-refractivity contribution < 1.29 is 9.45 Å². The monoisotopic (exact) mass is 295 g/mol. The van der Waals surface area contributed by atoms with Crippen molar-refractivity contribution >= 4 is 23.0 Å². The second-order valence-electron chi connectivity index (χ2n) is 4.64. The number of halogens is 1. The van der Waals surface area contributed by atoms with Crippen molar-refractivity contribution in [3.63, 3.8) is 0 Å². The van der Waals surface area contributed by atoms with Crippen LogP contribution in [0.2, 0.25) is 5.02 Å². The first-order valence-electron chi connectivity index (χ1n) is 5.96. The Bertz CT molecular complexity index is 631. The molecule has 0 amide bonds. The molecule has 0 N–H and O–H groups in total. The maximum Gasteiger partial charge on any atom is 0.271 e. The molecule has 7 heteroatoms. The van der Waals surface area contributed by atoms with Crippen LogP contribution in [0.3, 0.4) is 0 Å². The van der Waals surface area contributed by atoms with Crippen molar-refractivity contribution in [2.45, 2.75) is 20.4 Å². The molecule has 0 aliphatic carbocycles. The molecule has 0 saturated heterocycles. The minimum Gasteiger partial charge on any atom is -0.367 e. The highest BCUT2D eigenvalue weighted by atomic mass is 35.5. The predicted octanol–water partition coefficient (Wildman–Crippen LogP) is 3.49. The predicted molar refractivity (Wildman–Crippen MR) is 76.2 cm³/mol. The van der Waals surface area contributed by atoms with E-state index in [0.29, 0.717) is 11.6 Å². The number of rotatable bonds is 4. The first-order valence-corrected chi connectivity index (χ1v) is 6.34. The summed E-state index contributed by atoms with van der Waals surface area (Å²) in [5, 5.41) is 15.1. The van der Waals surface area contributed by atoms with E-state index in [1.165, 1.54) is 12.1 Å². The van der Waals surface area contributed by atoms with Gasteiger partial charge in [-0.3, -0.25) is 10.1 Å². The van der Waals surface area contributed by atoms with Gasteiger partial charge in [0.2, 0.25) is 0 Å². The summed E-state index contributed by atoms with van der Waals surface area (Å²) in [6, 6.07) is 4.70. The van der Waals surface area contributed by atoms with Gasteiger partial charge in [0, 0.05) is 25.2 Å². The number of nitro benzene ring substituents is 1. The molecule has 0 spiro atoms. The van der Waals surface area contributed by atoms with E-state index in [4.69, 9.17) is 16.1 Å². The van der Waals surface area contributed by atoms with Crippen LogP contribution in [-0.4, -0.2) is 17.1 Å². The van der Waals surface area contributed by atoms with E-state index in [0.717, 1.165) is 22.7 Å². The van der Waals surface area contributed by atoms with E-state index in [1.54, 1.807) is 6.92 Å². The fourth-order valence-electron chi connectivity index (χ4n) is 2.12. The van der Waals surface area contributed by atoms with Crippen molar-refractivity contribution in [3.8, 4) is 0 Å². The summed E-state index contributed by atoms with van der Waals surface area (Å²) in [5.74, 6) is 0.736. The normalized spacial score (nSPS) is 10.6. The number of aromatic nitrogens is 1. The van der Waals surface area contributed by atoms with Crippen LogP contribution in [0, 0.1) is 24.0 Å². The first-order chi connectivity index (χ1) is 9.38. The fourth-order valence-corrected chi connectivity index (χ4v) is 2.53. The highest BCUT2D eigenvalue weighted by Crippen LogP contribution is 2.33. The van der Waals surface area contributed by atoms with Crippen molar-refractivity contribution in [1.82, 2.24) is 5.16 Å². The molecule has 0 saturated carbocycles. The Morgan fingerprint density at radius 3 is 2.60 bits per heavy atom. The summed E-state index contributed by atoms with van der Waals surface area (Å²) in [5.41, 5.74) is 2.26. The van der Waals surface area contributed by atoms with Crippen LogP contribution >= 0.6 is 11.6 Å². The average Bonchev–Trinajstić information content (AvgIpc) is 2.73. The van der Waals surface area contributed by atoms with E-state index in [-0.39, 0.29) is 5.69 Å². The quantitative estimate of drug-likeness (QED) is 0.637. The Hall–Kier alpha value is -2.08. The van der Waals surface area contributed by atoms with Gasteiger partial charge in [-0.05, 0) is 19.4 Å². The van der Waals surface area contributed by atoms with Gasteiger partial charge in [-0.2, -0.15) is 0 Å². The van der Waals surface area contributed by atoms with Crippen LogP contribution in [0.15, 0.2) is 22.7 Å². The summed E-state index contributed by atoms with van der Waals surface area (Å²) in [6.45, 7) is 4.12. The van der Waals surface area contributed by atoms with Crippen LogP contribution in [0.25, 0.3) is 0 Å². The van der Waals surface area contributed by atoms with E-state index >= 15 is 0 Å².